The fraction of sp³-hybridized carbons (Fsp3) is 0.250. The molecule has 3 heterocycles. The number of aryl methyl sites for hydroxylation is 1. The summed E-state index contributed by atoms with van der Waals surface area (Å²) >= 11 is 0. The Bertz CT molecular complexity index is 1250. The van der Waals surface area contributed by atoms with E-state index < -0.39 is 0 Å². The summed E-state index contributed by atoms with van der Waals surface area (Å²) in [6.45, 7) is 5.72. The van der Waals surface area contributed by atoms with Crippen LogP contribution in [0.25, 0.3) is 10.9 Å². The third-order valence-electron chi connectivity index (χ3n) is 5.71. The minimum atomic E-state index is 0.393. The van der Waals surface area contributed by atoms with Gasteiger partial charge in [-0.3, -0.25) is 0 Å². The molecule has 2 aromatic carbocycles. The monoisotopic (exact) mass is 441 g/mol. The van der Waals surface area contributed by atoms with E-state index in [1.54, 1.807) is 6.21 Å². The van der Waals surface area contributed by atoms with Crippen molar-refractivity contribution in [3.63, 3.8) is 0 Å². The first-order chi connectivity index (χ1) is 16.1. The lowest BCUT2D eigenvalue weighted by atomic mass is 10.2. The molecule has 0 amide bonds. The van der Waals surface area contributed by atoms with Crippen LogP contribution in [0.5, 0.6) is 0 Å². The molecule has 0 atom stereocenters. The van der Waals surface area contributed by atoms with Gasteiger partial charge in [-0.15, -0.1) is 0 Å². The predicted molar refractivity (Wildman–Crippen MR) is 134 cm³/mol. The predicted octanol–water partition coefficient (Wildman–Crippen LogP) is 3.60. The number of aromatic nitrogens is 4. The van der Waals surface area contributed by atoms with E-state index in [2.05, 4.69) is 77.8 Å². The van der Waals surface area contributed by atoms with Crippen molar-refractivity contribution in [3.05, 3.63) is 65.9 Å². The summed E-state index contributed by atoms with van der Waals surface area (Å²) in [6.07, 6.45) is 3.70. The van der Waals surface area contributed by atoms with Crippen LogP contribution in [0.3, 0.4) is 0 Å². The summed E-state index contributed by atoms with van der Waals surface area (Å²) in [5.74, 6) is 1.51. The number of rotatable bonds is 6. The number of hydrazone groups is 1. The number of anilines is 4. The van der Waals surface area contributed by atoms with Gasteiger partial charge in [0.2, 0.25) is 17.8 Å². The standard InChI is InChI=1S/C24H27N9/c1-17-7-9-19(10-8-17)27-22-28-23(30-24(29-22)33-13-11-32(2)12-14-33)31-26-16-18-15-25-21-6-4-3-5-20(18)21/h3-10,15-16,25H,11-14H2,1-2H3,(H2,27,28,29,30,31)/b26-16+. The Labute approximate surface area is 192 Å². The Morgan fingerprint density at radius 3 is 2.52 bits per heavy atom. The molecule has 1 saturated heterocycles. The topological polar surface area (TPSA) is 97.4 Å². The first kappa shape index (κ1) is 20.9. The lowest BCUT2D eigenvalue weighted by Gasteiger charge is -2.32. The number of nitrogens with zero attached hydrogens (tertiary/aromatic N) is 6. The fourth-order valence-corrected chi connectivity index (χ4v) is 3.74. The Kier molecular flexibility index (Phi) is 5.86. The molecule has 33 heavy (non-hydrogen) atoms. The largest absolute Gasteiger partial charge is 0.361 e. The molecule has 9 nitrogen and oxygen atoms in total. The first-order valence-corrected chi connectivity index (χ1v) is 11.0. The second kappa shape index (κ2) is 9.25. The van der Waals surface area contributed by atoms with Gasteiger partial charge in [-0.2, -0.15) is 20.1 Å². The van der Waals surface area contributed by atoms with Gasteiger partial charge in [-0.25, -0.2) is 5.43 Å². The Hall–Kier alpha value is -3.98. The minimum Gasteiger partial charge on any atom is -0.361 e. The molecule has 0 aliphatic carbocycles. The number of hydrogen-bond acceptors (Lipinski definition) is 8. The summed E-state index contributed by atoms with van der Waals surface area (Å²) in [4.78, 5) is 21.6. The third kappa shape index (κ3) is 4.93. The summed E-state index contributed by atoms with van der Waals surface area (Å²) < 4.78 is 0. The molecule has 4 aromatic rings. The second-order valence-corrected chi connectivity index (χ2v) is 8.22. The van der Waals surface area contributed by atoms with Crippen LogP contribution in [-0.4, -0.2) is 64.3 Å². The van der Waals surface area contributed by atoms with Gasteiger partial charge in [0.1, 0.15) is 0 Å². The lowest BCUT2D eigenvalue weighted by molar-refractivity contribution is 0.311. The van der Waals surface area contributed by atoms with Gasteiger partial charge < -0.3 is 20.1 Å². The maximum atomic E-state index is 4.68. The molecule has 1 aliphatic heterocycles. The minimum absolute atomic E-state index is 0.393. The molecule has 2 aromatic heterocycles. The number of para-hydroxylation sites is 1. The molecule has 0 radical (unpaired) electrons. The van der Waals surface area contributed by atoms with Crippen LogP contribution in [0.15, 0.2) is 59.8 Å². The highest BCUT2D eigenvalue weighted by Crippen LogP contribution is 2.20. The van der Waals surface area contributed by atoms with E-state index in [4.69, 9.17) is 0 Å². The van der Waals surface area contributed by atoms with E-state index in [1.165, 1.54) is 5.56 Å². The number of fused-ring (bicyclic) bond motifs is 1. The SMILES string of the molecule is Cc1ccc(Nc2nc(N/N=C/c3c[nH]c4ccccc34)nc(N3CCN(C)CC3)n2)cc1. The number of piperazine rings is 1. The molecule has 1 fully saturated rings. The quantitative estimate of drug-likeness (QED) is 0.311. The number of hydrogen-bond donors (Lipinski definition) is 3. The number of aromatic amines is 1. The van der Waals surface area contributed by atoms with E-state index in [0.29, 0.717) is 17.8 Å². The number of likely N-dealkylation sites (N-methyl/N-ethyl adjacent to an activating group) is 1. The summed E-state index contributed by atoms with van der Waals surface area (Å²) in [6, 6.07) is 16.2. The normalized spacial score (nSPS) is 14.8. The van der Waals surface area contributed by atoms with Crippen LogP contribution in [0.1, 0.15) is 11.1 Å². The highest BCUT2D eigenvalue weighted by molar-refractivity contribution is 5.99. The summed E-state index contributed by atoms with van der Waals surface area (Å²) in [5, 5.41) is 8.79. The maximum Gasteiger partial charge on any atom is 0.250 e. The second-order valence-electron chi connectivity index (χ2n) is 8.22. The van der Waals surface area contributed by atoms with Crippen LogP contribution in [0.4, 0.5) is 23.5 Å². The van der Waals surface area contributed by atoms with Crippen molar-refractivity contribution in [1.82, 2.24) is 24.8 Å². The van der Waals surface area contributed by atoms with Crippen molar-refractivity contribution < 1.29 is 0 Å². The van der Waals surface area contributed by atoms with Gasteiger partial charge in [-0.1, -0.05) is 35.9 Å². The van der Waals surface area contributed by atoms with Crippen LogP contribution in [0, 0.1) is 6.92 Å². The Balaban J connectivity index is 1.39. The van der Waals surface area contributed by atoms with Gasteiger partial charge >= 0.3 is 0 Å². The van der Waals surface area contributed by atoms with Crippen molar-refractivity contribution in [3.8, 4) is 0 Å². The molecule has 0 unspecified atom stereocenters. The highest BCUT2D eigenvalue weighted by Gasteiger charge is 2.18. The van der Waals surface area contributed by atoms with Gasteiger partial charge in [0.05, 0.1) is 6.21 Å². The van der Waals surface area contributed by atoms with Crippen LogP contribution < -0.4 is 15.6 Å². The van der Waals surface area contributed by atoms with E-state index in [9.17, 15) is 0 Å². The van der Waals surface area contributed by atoms with Crippen LogP contribution in [-0.2, 0) is 0 Å². The maximum absolute atomic E-state index is 4.68. The number of benzene rings is 2. The molecule has 0 saturated carbocycles. The van der Waals surface area contributed by atoms with Crippen molar-refractivity contribution in [2.45, 2.75) is 6.92 Å². The van der Waals surface area contributed by atoms with E-state index in [-0.39, 0.29) is 0 Å². The number of H-pyrrole nitrogens is 1. The summed E-state index contributed by atoms with van der Waals surface area (Å²) in [5.41, 5.74) is 7.17. The van der Waals surface area contributed by atoms with Crippen molar-refractivity contribution >= 4 is 40.6 Å². The van der Waals surface area contributed by atoms with Crippen LogP contribution in [0.2, 0.25) is 0 Å². The molecule has 168 valence electrons. The van der Waals surface area contributed by atoms with Crippen molar-refractivity contribution in [1.29, 1.82) is 0 Å². The fourth-order valence-electron chi connectivity index (χ4n) is 3.74. The van der Waals surface area contributed by atoms with Crippen molar-refractivity contribution in [2.75, 3.05) is 48.9 Å². The average Bonchev–Trinajstić information content (AvgIpc) is 3.24. The van der Waals surface area contributed by atoms with Crippen LogP contribution >= 0.6 is 0 Å². The summed E-state index contributed by atoms with van der Waals surface area (Å²) in [7, 11) is 2.13. The third-order valence-corrected chi connectivity index (χ3v) is 5.71. The average molecular weight is 442 g/mol. The van der Waals surface area contributed by atoms with E-state index >= 15 is 0 Å². The van der Waals surface area contributed by atoms with Gasteiger partial charge in [0, 0.05) is 54.5 Å². The van der Waals surface area contributed by atoms with E-state index in [1.807, 2.05) is 36.5 Å². The molecule has 5 rings (SSSR count). The first-order valence-electron chi connectivity index (χ1n) is 11.0. The Morgan fingerprint density at radius 1 is 0.939 bits per heavy atom. The molecule has 9 heteroatoms. The zero-order valence-electron chi connectivity index (χ0n) is 18.8. The van der Waals surface area contributed by atoms with Gasteiger partial charge in [0.25, 0.3) is 0 Å². The molecular weight excluding hydrogens is 414 g/mol. The zero-order valence-corrected chi connectivity index (χ0v) is 18.8. The Morgan fingerprint density at radius 2 is 1.70 bits per heavy atom. The molecule has 3 N–H and O–H groups in total. The van der Waals surface area contributed by atoms with Gasteiger partial charge in [0.15, 0.2) is 0 Å². The molecular formula is C24H27N9. The van der Waals surface area contributed by atoms with Gasteiger partial charge in [-0.05, 0) is 32.2 Å². The highest BCUT2D eigenvalue weighted by atomic mass is 15.4. The lowest BCUT2D eigenvalue weighted by Crippen LogP contribution is -2.45. The molecule has 1 aliphatic rings. The molecule has 0 spiro atoms. The van der Waals surface area contributed by atoms with E-state index in [0.717, 1.165) is 48.3 Å². The molecule has 0 bridgehead atoms. The number of nitrogens with one attached hydrogen (secondary N) is 3. The zero-order chi connectivity index (χ0) is 22.6. The van der Waals surface area contributed by atoms with Crippen molar-refractivity contribution in [2.24, 2.45) is 5.10 Å². The smallest absolute Gasteiger partial charge is 0.250 e.